The zero-order chi connectivity index (χ0) is 26.0. The molecule has 0 bridgehead atoms. The van der Waals surface area contributed by atoms with Gasteiger partial charge in [0.2, 0.25) is 0 Å². The third-order valence-electron chi connectivity index (χ3n) is 6.64. The lowest BCUT2D eigenvalue weighted by Crippen LogP contribution is -2.30. The molecule has 5 heteroatoms. The fourth-order valence-electron chi connectivity index (χ4n) is 4.70. The number of carbonyl (C=O) groups excluding carboxylic acids is 1. The summed E-state index contributed by atoms with van der Waals surface area (Å²) in [5.41, 5.74) is 4.12. The number of amidine groups is 1. The first kappa shape index (κ1) is 26.2. The second kappa shape index (κ2) is 12.9. The van der Waals surface area contributed by atoms with Crippen molar-refractivity contribution in [3.8, 4) is 0 Å². The highest BCUT2D eigenvalue weighted by atomic mass is 16.5. The van der Waals surface area contributed by atoms with E-state index in [1.54, 1.807) is 4.90 Å². The molecule has 2 fully saturated rings. The van der Waals surface area contributed by atoms with E-state index in [1.807, 2.05) is 74.6 Å². The van der Waals surface area contributed by atoms with Crippen LogP contribution in [0.5, 0.6) is 0 Å². The molecule has 2 aromatic rings. The van der Waals surface area contributed by atoms with E-state index in [2.05, 4.69) is 42.2 Å². The number of hydrogen-bond donors (Lipinski definition) is 0. The molecule has 192 valence electrons. The van der Waals surface area contributed by atoms with Gasteiger partial charge < -0.3 is 9.64 Å². The minimum absolute atomic E-state index is 0.126. The summed E-state index contributed by atoms with van der Waals surface area (Å²) in [6.07, 6.45) is 17.8. The Morgan fingerprint density at radius 2 is 1.70 bits per heavy atom. The molecular weight excluding hydrogens is 458 g/mol. The maximum absolute atomic E-state index is 13.0. The zero-order valence-corrected chi connectivity index (χ0v) is 22.1. The van der Waals surface area contributed by atoms with Crippen LogP contribution in [0.4, 0.5) is 11.4 Å². The predicted molar refractivity (Wildman–Crippen MR) is 153 cm³/mol. The van der Waals surface area contributed by atoms with Crippen LogP contribution in [-0.2, 0) is 9.53 Å². The standard InChI is InChI=1S/C32H37N3O2/c1-4-6-7-10-15-25(3)35(28-18-13-9-14-19-28)29-22-20-26(21-23-29)24-30-31(36)34(5-2)32(37-30)33-27-16-11-8-12-17-27/h4,6-7,9-10,13-15,18-24,27H,5,8,11-12,16-17H2,1-3H3/b6-4-,10-7-,25-15+,30-24+,33-32?. The number of rotatable bonds is 8. The molecule has 0 radical (unpaired) electrons. The minimum atomic E-state index is -0.126. The molecule has 1 aliphatic carbocycles. The third-order valence-corrected chi connectivity index (χ3v) is 6.64. The highest BCUT2D eigenvalue weighted by molar-refractivity contribution is 6.11. The molecule has 5 nitrogen and oxygen atoms in total. The van der Waals surface area contributed by atoms with E-state index in [9.17, 15) is 4.79 Å². The fraction of sp³-hybridized carbons (Fsp3) is 0.312. The highest BCUT2D eigenvalue weighted by Gasteiger charge is 2.34. The van der Waals surface area contributed by atoms with Crippen LogP contribution in [0.2, 0.25) is 0 Å². The number of hydrogen-bond acceptors (Lipinski definition) is 4. The maximum atomic E-state index is 13.0. The van der Waals surface area contributed by atoms with Gasteiger partial charge in [-0.25, -0.2) is 4.99 Å². The highest BCUT2D eigenvalue weighted by Crippen LogP contribution is 2.31. The second-order valence-electron chi connectivity index (χ2n) is 9.34. The molecule has 0 spiro atoms. The summed E-state index contributed by atoms with van der Waals surface area (Å²) in [4.78, 5) is 21.7. The van der Waals surface area contributed by atoms with E-state index in [4.69, 9.17) is 9.73 Å². The Hall–Kier alpha value is -3.86. The van der Waals surface area contributed by atoms with Crippen LogP contribution < -0.4 is 4.90 Å². The lowest BCUT2D eigenvalue weighted by molar-refractivity contribution is -0.122. The van der Waals surface area contributed by atoms with Gasteiger partial charge in [0.05, 0.1) is 6.04 Å². The smallest absolute Gasteiger partial charge is 0.300 e. The van der Waals surface area contributed by atoms with Gasteiger partial charge in [-0.15, -0.1) is 0 Å². The number of aliphatic imine (C=N–C) groups is 1. The van der Waals surface area contributed by atoms with Crippen LogP contribution in [0.15, 0.2) is 101 Å². The number of nitrogens with zero attached hydrogens (tertiary/aromatic N) is 3. The van der Waals surface area contributed by atoms with Crippen LogP contribution in [-0.4, -0.2) is 29.4 Å². The van der Waals surface area contributed by atoms with Gasteiger partial charge in [0, 0.05) is 23.6 Å². The molecule has 37 heavy (non-hydrogen) atoms. The SMILES string of the molecule is C\C=C/C=C\C=C(/C)N(c1ccccc1)c1ccc(/C=C2/OC(=NC3CCCCC3)N(CC)C2=O)cc1. The molecular formula is C32H37N3O2. The number of benzene rings is 2. The number of amides is 1. The zero-order valence-electron chi connectivity index (χ0n) is 22.1. The predicted octanol–water partition coefficient (Wildman–Crippen LogP) is 7.77. The largest absolute Gasteiger partial charge is 0.420 e. The van der Waals surface area contributed by atoms with Crippen molar-refractivity contribution in [2.24, 2.45) is 4.99 Å². The van der Waals surface area contributed by atoms with Crippen molar-refractivity contribution in [3.63, 3.8) is 0 Å². The van der Waals surface area contributed by atoms with Crippen LogP contribution in [0.3, 0.4) is 0 Å². The topological polar surface area (TPSA) is 45.1 Å². The van der Waals surface area contributed by atoms with Crippen molar-refractivity contribution >= 4 is 29.4 Å². The van der Waals surface area contributed by atoms with E-state index in [-0.39, 0.29) is 11.9 Å². The van der Waals surface area contributed by atoms with E-state index in [0.29, 0.717) is 18.3 Å². The number of carbonyl (C=O) groups is 1. The molecule has 0 N–H and O–H groups in total. The van der Waals surface area contributed by atoms with E-state index < -0.39 is 0 Å². The van der Waals surface area contributed by atoms with Crippen LogP contribution in [0.1, 0.15) is 58.4 Å². The van der Waals surface area contributed by atoms with Crippen molar-refractivity contribution < 1.29 is 9.53 Å². The van der Waals surface area contributed by atoms with Crippen molar-refractivity contribution in [2.75, 3.05) is 11.4 Å². The van der Waals surface area contributed by atoms with Gasteiger partial charge in [-0.1, -0.05) is 73.9 Å². The first-order chi connectivity index (χ1) is 18.1. The average Bonchev–Trinajstić information content (AvgIpc) is 3.22. The summed E-state index contributed by atoms with van der Waals surface area (Å²) in [7, 11) is 0. The van der Waals surface area contributed by atoms with Crippen LogP contribution in [0.25, 0.3) is 6.08 Å². The molecule has 0 unspecified atom stereocenters. The number of likely N-dealkylation sites (N-methyl/N-ethyl adjacent to an activating group) is 1. The number of ether oxygens (including phenoxy) is 1. The van der Waals surface area contributed by atoms with Gasteiger partial charge in [0.25, 0.3) is 5.91 Å². The second-order valence-corrected chi connectivity index (χ2v) is 9.34. The Kier molecular flexibility index (Phi) is 9.14. The Bertz CT molecular complexity index is 1200. The molecule has 1 aliphatic heterocycles. The number of allylic oxidation sites excluding steroid dienone is 6. The van der Waals surface area contributed by atoms with Gasteiger partial charge in [-0.05, 0) is 75.6 Å². The summed E-state index contributed by atoms with van der Waals surface area (Å²) in [6.45, 7) is 6.60. The average molecular weight is 496 g/mol. The van der Waals surface area contributed by atoms with Crippen molar-refractivity contribution in [1.82, 2.24) is 4.90 Å². The molecule has 2 aromatic carbocycles. The number of anilines is 2. The van der Waals surface area contributed by atoms with Gasteiger partial charge in [0.1, 0.15) is 0 Å². The van der Waals surface area contributed by atoms with E-state index >= 15 is 0 Å². The molecule has 1 amide bonds. The maximum Gasteiger partial charge on any atom is 0.300 e. The molecule has 0 aromatic heterocycles. The summed E-state index contributed by atoms with van der Waals surface area (Å²) >= 11 is 0. The Labute approximate surface area is 221 Å². The first-order valence-corrected chi connectivity index (χ1v) is 13.3. The first-order valence-electron chi connectivity index (χ1n) is 13.3. The molecule has 1 saturated carbocycles. The van der Waals surface area contributed by atoms with Crippen molar-refractivity contribution in [3.05, 3.63) is 102 Å². The van der Waals surface area contributed by atoms with Crippen molar-refractivity contribution in [2.45, 2.75) is 58.9 Å². The summed E-state index contributed by atoms with van der Waals surface area (Å²) in [5, 5.41) is 0. The monoisotopic (exact) mass is 495 g/mol. The normalized spacial score (nSPS) is 19.5. The van der Waals surface area contributed by atoms with Gasteiger partial charge in [-0.2, -0.15) is 0 Å². The Morgan fingerprint density at radius 3 is 2.38 bits per heavy atom. The summed E-state index contributed by atoms with van der Waals surface area (Å²) < 4.78 is 5.99. The Balaban J connectivity index is 1.57. The van der Waals surface area contributed by atoms with Crippen LogP contribution in [0, 0.1) is 0 Å². The van der Waals surface area contributed by atoms with Crippen molar-refractivity contribution in [1.29, 1.82) is 0 Å². The minimum Gasteiger partial charge on any atom is -0.420 e. The van der Waals surface area contributed by atoms with Gasteiger partial charge in [-0.3, -0.25) is 9.69 Å². The molecule has 4 rings (SSSR count). The van der Waals surface area contributed by atoms with E-state index in [1.165, 1.54) is 19.3 Å². The lowest BCUT2D eigenvalue weighted by atomic mass is 9.96. The third kappa shape index (κ3) is 6.67. The fourth-order valence-corrected chi connectivity index (χ4v) is 4.70. The van der Waals surface area contributed by atoms with E-state index in [0.717, 1.165) is 35.5 Å². The quantitative estimate of drug-likeness (QED) is 0.278. The lowest BCUT2D eigenvalue weighted by Gasteiger charge is -2.26. The Morgan fingerprint density at radius 1 is 1.00 bits per heavy atom. The number of para-hydroxylation sites is 1. The van der Waals surface area contributed by atoms with Gasteiger partial charge in [0.15, 0.2) is 5.76 Å². The van der Waals surface area contributed by atoms with Crippen LogP contribution >= 0.6 is 0 Å². The van der Waals surface area contributed by atoms with Gasteiger partial charge >= 0.3 is 6.02 Å². The molecule has 2 aliphatic rings. The summed E-state index contributed by atoms with van der Waals surface area (Å²) in [6, 6.07) is 19.2. The molecule has 1 heterocycles. The molecule has 0 atom stereocenters. The summed E-state index contributed by atoms with van der Waals surface area (Å²) in [5.74, 6) is 0.202. The molecule has 1 saturated heterocycles.